The van der Waals surface area contributed by atoms with Crippen molar-refractivity contribution in [3.63, 3.8) is 0 Å². The summed E-state index contributed by atoms with van der Waals surface area (Å²) in [6, 6.07) is -1.18. The van der Waals surface area contributed by atoms with E-state index in [-0.39, 0.29) is 6.42 Å². The molecule has 0 bridgehead atoms. The number of hydrogen-bond donors (Lipinski definition) is 7. The van der Waals surface area contributed by atoms with E-state index in [0.717, 1.165) is 38.5 Å². The monoisotopic (exact) mass is 900 g/mol. The Kier molecular flexibility index (Phi) is 35.5. The Balaban J connectivity index is 2.63. The lowest BCUT2D eigenvalue weighted by Crippen LogP contribution is -2.61. The van der Waals surface area contributed by atoms with Gasteiger partial charge in [-0.05, 0) is 57.8 Å². The number of carbonyl (C=O) groups excluding carboxylic acids is 1. The van der Waals surface area contributed by atoms with E-state index in [1.54, 1.807) is 12.2 Å². The van der Waals surface area contributed by atoms with Crippen molar-refractivity contribution in [1.29, 1.82) is 0 Å². The number of aliphatic hydroxyl groups excluding tert-OH is 5. The Morgan fingerprint density at radius 1 is 0.661 bits per heavy atom. The lowest BCUT2D eigenvalue weighted by atomic mass is 9.99. The second-order valence-corrected chi connectivity index (χ2v) is 17.5. The molecule has 0 aliphatic carbocycles. The Bertz CT molecular complexity index is 1350. The normalized spacial score (nSPS) is 21.6. The number of nitrogens with one attached hydrogen (secondary N) is 1. The maximum atomic E-state index is 13.0. The highest BCUT2D eigenvalue weighted by atomic mass is 32.3. The molecule has 8 atom stereocenters. The average Bonchev–Trinajstić information content (AvgIpc) is 3.24. The highest BCUT2D eigenvalue weighted by Crippen LogP contribution is 2.26. The lowest BCUT2D eigenvalue weighted by Gasteiger charge is -2.41. The fraction of sp³-hybridized carbons (Fsp3) is 0.771. The molecule has 1 aliphatic rings. The highest BCUT2D eigenvalue weighted by Gasteiger charge is 2.48. The molecule has 1 heterocycles. The molecule has 1 saturated heterocycles. The number of unbranched alkanes of at least 4 members (excludes halogenated alkanes) is 19. The van der Waals surface area contributed by atoms with Crippen LogP contribution in [-0.4, -0.2) is 107 Å². The molecular weight excluding hydrogens is 815 g/mol. The topological polar surface area (TPSA) is 212 Å². The van der Waals surface area contributed by atoms with Crippen molar-refractivity contribution >= 4 is 16.3 Å². The summed E-state index contributed by atoms with van der Waals surface area (Å²) in [6.45, 7) is 3.13. The van der Waals surface area contributed by atoms with Crippen molar-refractivity contribution in [2.24, 2.45) is 0 Å². The van der Waals surface area contributed by atoms with Crippen molar-refractivity contribution in [3.05, 3.63) is 60.8 Å². The number of allylic oxidation sites excluding steroid dienone is 8. The second kappa shape index (κ2) is 38.1. The van der Waals surface area contributed by atoms with Gasteiger partial charge in [0.15, 0.2) is 6.29 Å². The average molecular weight is 900 g/mol. The van der Waals surface area contributed by atoms with Crippen LogP contribution >= 0.6 is 0 Å². The molecule has 1 rings (SSSR count). The SMILES string of the molecule is CCCCCCCC/C=C\C/C=C\CC(O)C(=O)NC(COC1OC(CO)C(O)C(OS(=O)(=O)O)C1O)C(O)/C=C/CC/C=C/CC/C=C/CCCCCCCCCCCCC. The van der Waals surface area contributed by atoms with Gasteiger partial charge in [0.05, 0.1) is 25.4 Å². The van der Waals surface area contributed by atoms with Gasteiger partial charge in [-0.3, -0.25) is 9.35 Å². The number of ether oxygens (including phenoxy) is 2. The van der Waals surface area contributed by atoms with Crippen LogP contribution in [0.15, 0.2) is 60.8 Å². The first-order chi connectivity index (χ1) is 29.9. The van der Waals surface area contributed by atoms with Gasteiger partial charge >= 0.3 is 10.4 Å². The number of carbonyl (C=O) groups is 1. The van der Waals surface area contributed by atoms with Crippen molar-refractivity contribution in [2.75, 3.05) is 13.2 Å². The molecule has 1 fully saturated rings. The molecule has 13 nitrogen and oxygen atoms in total. The summed E-state index contributed by atoms with van der Waals surface area (Å²) in [7, 11) is -5.13. The standard InChI is InChI=1S/C48H85NO12S/c1-3-5-7-9-11-13-15-17-18-19-20-21-22-23-24-25-27-28-30-32-34-36-41(51)40(39-59-48-45(54)46(61-62(56,57)58)44(53)43(38-50)60-48)49-47(55)42(52)37-35-33-31-29-26-16-14-12-10-8-6-4-2/h22-23,26-29,33-36,40-46,48,50-54H,3-21,24-25,30-32,37-39H2,1-2H3,(H,49,55)(H,56,57,58)/b23-22+,28-27+,29-26-,35-33-,36-34+. The first-order valence-electron chi connectivity index (χ1n) is 23.8. The Morgan fingerprint density at radius 3 is 1.65 bits per heavy atom. The van der Waals surface area contributed by atoms with Crippen LogP contribution in [0, 0.1) is 0 Å². The first-order valence-corrected chi connectivity index (χ1v) is 25.1. The smallest absolute Gasteiger partial charge is 0.394 e. The molecule has 14 heteroatoms. The van der Waals surface area contributed by atoms with Crippen molar-refractivity contribution in [2.45, 2.75) is 223 Å². The van der Waals surface area contributed by atoms with E-state index in [0.29, 0.717) is 12.8 Å². The first kappa shape index (κ1) is 57.8. The van der Waals surface area contributed by atoms with Crippen LogP contribution in [0.3, 0.4) is 0 Å². The van der Waals surface area contributed by atoms with E-state index in [2.05, 4.69) is 53.7 Å². The quantitative estimate of drug-likeness (QED) is 0.0176. The number of hydrogen-bond acceptors (Lipinski definition) is 11. The van der Waals surface area contributed by atoms with Gasteiger partial charge in [0.25, 0.3) is 0 Å². The van der Waals surface area contributed by atoms with Crippen LogP contribution in [0.4, 0.5) is 0 Å². The molecule has 0 aromatic carbocycles. The van der Waals surface area contributed by atoms with E-state index >= 15 is 0 Å². The Hall–Kier alpha value is -2.24. The predicted octanol–water partition coefficient (Wildman–Crippen LogP) is 8.41. The van der Waals surface area contributed by atoms with E-state index in [9.17, 15) is 43.3 Å². The maximum Gasteiger partial charge on any atom is 0.397 e. The third-order valence-corrected chi connectivity index (χ3v) is 11.3. The Morgan fingerprint density at radius 2 is 1.13 bits per heavy atom. The second-order valence-electron chi connectivity index (χ2n) is 16.5. The number of aliphatic hydroxyl groups is 5. The molecule has 1 aliphatic heterocycles. The molecule has 8 unspecified atom stereocenters. The minimum atomic E-state index is -5.13. The predicted molar refractivity (Wildman–Crippen MR) is 247 cm³/mol. The largest absolute Gasteiger partial charge is 0.397 e. The van der Waals surface area contributed by atoms with Gasteiger partial charge < -0.3 is 40.3 Å². The molecule has 0 spiro atoms. The van der Waals surface area contributed by atoms with E-state index in [1.165, 1.54) is 109 Å². The van der Waals surface area contributed by atoms with Gasteiger partial charge in [0.2, 0.25) is 5.91 Å². The molecule has 0 aromatic rings. The van der Waals surface area contributed by atoms with Gasteiger partial charge in [-0.15, -0.1) is 0 Å². The summed E-state index contributed by atoms with van der Waals surface area (Å²) in [6.07, 6.45) is 36.2. The summed E-state index contributed by atoms with van der Waals surface area (Å²) in [5.41, 5.74) is 0. The van der Waals surface area contributed by atoms with Crippen LogP contribution in [0.2, 0.25) is 0 Å². The molecule has 0 saturated carbocycles. The van der Waals surface area contributed by atoms with Crippen LogP contribution in [0.1, 0.15) is 174 Å². The molecular formula is C48H85NO12S. The van der Waals surface area contributed by atoms with Crippen molar-refractivity contribution in [1.82, 2.24) is 5.32 Å². The van der Waals surface area contributed by atoms with Crippen molar-refractivity contribution in [3.8, 4) is 0 Å². The summed E-state index contributed by atoms with van der Waals surface area (Å²) in [5, 5.41) is 55.0. The molecule has 0 aromatic heterocycles. The van der Waals surface area contributed by atoms with Gasteiger partial charge in [-0.2, -0.15) is 8.42 Å². The minimum Gasteiger partial charge on any atom is -0.394 e. The minimum absolute atomic E-state index is 0.0211. The van der Waals surface area contributed by atoms with Gasteiger partial charge in [0, 0.05) is 6.42 Å². The summed E-state index contributed by atoms with van der Waals surface area (Å²) < 4.78 is 47.4. The molecule has 7 N–H and O–H groups in total. The van der Waals surface area contributed by atoms with Crippen LogP contribution in [0.5, 0.6) is 0 Å². The third-order valence-electron chi connectivity index (χ3n) is 10.9. The zero-order valence-corrected chi connectivity index (χ0v) is 38.8. The fourth-order valence-electron chi connectivity index (χ4n) is 7.06. The van der Waals surface area contributed by atoms with Crippen molar-refractivity contribution < 1.29 is 57.0 Å². The van der Waals surface area contributed by atoms with Crippen LogP contribution < -0.4 is 5.32 Å². The zero-order valence-electron chi connectivity index (χ0n) is 38.0. The Labute approximate surface area is 374 Å². The summed E-state index contributed by atoms with van der Waals surface area (Å²) in [4.78, 5) is 13.0. The highest BCUT2D eigenvalue weighted by molar-refractivity contribution is 7.80. The fourth-order valence-corrected chi connectivity index (χ4v) is 7.57. The summed E-state index contributed by atoms with van der Waals surface area (Å²) in [5.74, 6) is -0.786. The molecule has 360 valence electrons. The lowest BCUT2D eigenvalue weighted by molar-refractivity contribution is -0.298. The molecule has 1 amide bonds. The van der Waals surface area contributed by atoms with Gasteiger partial charge in [-0.1, -0.05) is 171 Å². The van der Waals surface area contributed by atoms with E-state index in [4.69, 9.17) is 9.47 Å². The zero-order chi connectivity index (χ0) is 45.7. The van der Waals surface area contributed by atoms with E-state index in [1.807, 2.05) is 12.2 Å². The maximum absolute atomic E-state index is 13.0. The van der Waals surface area contributed by atoms with E-state index < -0.39 is 78.5 Å². The molecule has 62 heavy (non-hydrogen) atoms. The summed E-state index contributed by atoms with van der Waals surface area (Å²) >= 11 is 0. The third kappa shape index (κ3) is 30.0. The van der Waals surface area contributed by atoms with Gasteiger partial charge in [0.1, 0.15) is 30.5 Å². The van der Waals surface area contributed by atoms with Gasteiger partial charge in [-0.25, -0.2) is 4.18 Å². The van der Waals surface area contributed by atoms with Crippen LogP contribution in [-0.2, 0) is 28.9 Å². The molecule has 0 radical (unpaired) electrons. The van der Waals surface area contributed by atoms with Crippen LogP contribution in [0.25, 0.3) is 0 Å². The number of amides is 1. The number of rotatable bonds is 39.